The summed E-state index contributed by atoms with van der Waals surface area (Å²) < 4.78 is 2.08. The number of hydrogen-bond acceptors (Lipinski definition) is 2. The highest BCUT2D eigenvalue weighted by Gasteiger charge is 2.03. The largest absolute Gasteiger partial charge is 0.399 e. The summed E-state index contributed by atoms with van der Waals surface area (Å²) in [6.07, 6.45) is 3.91. The molecule has 0 spiro atoms. The predicted molar refractivity (Wildman–Crippen MR) is 66.7 cm³/mol. The first-order chi connectivity index (χ1) is 7.65. The Morgan fingerprint density at radius 1 is 1.25 bits per heavy atom. The summed E-state index contributed by atoms with van der Waals surface area (Å²) in [7, 11) is 0. The quantitative estimate of drug-likeness (QED) is 0.798. The molecule has 3 nitrogen and oxygen atoms in total. The first kappa shape index (κ1) is 10.7. The lowest BCUT2D eigenvalue weighted by atomic mass is 10.1. The molecule has 0 saturated carbocycles. The van der Waals surface area contributed by atoms with Crippen molar-refractivity contribution >= 4 is 5.69 Å². The van der Waals surface area contributed by atoms with Gasteiger partial charge < -0.3 is 10.3 Å². The number of nitrogen functional groups attached to an aromatic ring is 1. The molecule has 0 aliphatic rings. The van der Waals surface area contributed by atoms with Crippen molar-refractivity contribution in [2.45, 2.75) is 20.4 Å². The SMILES string of the molecule is C[C](C)Cn1cnc(-c2ccc(N)cc2)c1. The van der Waals surface area contributed by atoms with Gasteiger partial charge in [0.2, 0.25) is 0 Å². The van der Waals surface area contributed by atoms with Crippen LogP contribution in [-0.2, 0) is 6.54 Å². The number of imidazole rings is 1. The second-order valence-electron chi connectivity index (χ2n) is 4.26. The van der Waals surface area contributed by atoms with Crippen LogP contribution in [0.5, 0.6) is 0 Å². The lowest BCUT2D eigenvalue weighted by Crippen LogP contribution is -1.99. The fraction of sp³-hybridized carbons (Fsp3) is 0.231. The minimum absolute atomic E-state index is 0.779. The predicted octanol–water partition coefficient (Wildman–Crippen LogP) is 2.75. The molecule has 16 heavy (non-hydrogen) atoms. The van der Waals surface area contributed by atoms with E-state index >= 15 is 0 Å². The minimum Gasteiger partial charge on any atom is -0.399 e. The molecule has 0 saturated heterocycles. The van der Waals surface area contributed by atoms with Gasteiger partial charge in [-0.3, -0.25) is 0 Å². The molecular formula is C13H16N3. The Labute approximate surface area is 95.9 Å². The highest BCUT2D eigenvalue weighted by atomic mass is 15.0. The van der Waals surface area contributed by atoms with Crippen LogP contribution in [0.1, 0.15) is 13.8 Å². The number of aromatic nitrogens is 2. The van der Waals surface area contributed by atoms with E-state index in [9.17, 15) is 0 Å². The highest BCUT2D eigenvalue weighted by molar-refractivity contribution is 5.61. The van der Waals surface area contributed by atoms with Crippen molar-refractivity contribution in [1.82, 2.24) is 9.55 Å². The summed E-state index contributed by atoms with van der Waals surface area (Å²) in [5.41, 5.74) is 8.51. The molecule has 0 atom stereocenters. The Kier molecular flexibility index (Phi) is 2.95. The van der Waals surface area contributed by atoms with Crippen LogP contribution in [-0.4, -0.2) is 9.55 Å². The Morgan fingerprint density at radius 3 is 2.56 bits per heavy atom. The van der Waals surface area contributed by atoms with E-state index in [1.54, 1.807) is 0 Å². The van der Waals surface area contributed by atoms with E-state index in [0.717, 1.165) is 23.5 Å². The van der Waals surface area contributed by atoms with E-state index in [2.05, 4.69) is 29.6 Å². The molecular weight excluding hydrogens is 198 g/mol. The molecule has 83 valence electrons. The zero-order valence-electron chi connectivity index (χ0n) is 9.64. The molecule has 0 unspecified atom stereocenters. The molecule has 3 heteroatoms. The van der Waals surface area contributed by atoms with Gasteiger partial charge >= 0.3 is 0 Å². The fourth-order valence-electron chi connectivity index (χ4n) is 1.61. The normalized spacial score (nSPS) is 10.9. The molecule has 2 rings (SSSR count). The topological polar surface area (TPSA) is 43.8 Å². The molecule has 1 aromatic carbocycles. The van der Waals surface area contributed by atoms with Gasteiger partial charge in [-0.2, -0.15) is 0 Å². The van der Waals surface area contributed by atoms with Crippen LogP contribution in [0.3, 0.4) is 0 Å². The molecule has 0 amide bonds. The van der Waals surface area contributed by atoms with Crippen LogP contribution >= 0.6 is 0 Å². The van der Waals surface area contributed by atoms with Crippen molar-refractivity contribution in [2.75, 3.05) is 5.73 Å². The third-order valence-corrected chi connectivity index (χ3v) is 2.34. The summed E-state index contributed by atoms with van der Waals surface area (Å²) >= 11 is 0. The van der Waals surface area contributed by atoms with E-state index < -0.39 is 0 Å². The van der Waals surface area contributed by atoms with Gasteiger partial charge in [-0.15, -0.1) is 0 Å². The molecule has 2 aromatic rings. The average molecular weight is 214 g/mol. The Morgan fingerprint density at radius 2 is 1.94 bits per heavy atom. The zero-order chi connectivity index (χ0) is 11.5. The second-order valence-corrected chi connectivity index (χ2v) is 4.26. The van der Waals surface area contributed by atoms with Crippen LogP contribution < -0.4 is 5.73 Å². The minimum atomic E-state index is 0.779. The van der Waals surface area contributed by atoms with E-state index in [1.807, 2.05) is 30.6 Å². The van der Waals surface area contributed by atoms with Crippen LogP contribution in [0.2, 0.25) is 0 Å². The first-order valence-corrected chi connectivity index (χ1v) is 5.32. The lowest BCUT2D eigenvalue weighted by molar-refractivity contribution is 0.711. The van der Waals surface area contributed by atoms with E-state index in [4.69, 9.17) is 5.73 Å². The maximum atomic E-state index is 5.65. The molecule has 1 radical (unpaired) electrons. The number of benzene rings is 1. The van der Waals surface area contributed by atoms with E-state index in [-0.39, 0.29) is 0 Å². The van der Waals surface area contributed by atoms with Gasteiger partial charge in [0.1, 0.15) is 0 Å². The van der Waals surface area contributed by atoms with Crippen molar-refractivity contribution in [3.8, 4) is 11.3 Å². The molecule has 0 bridgehead atoms. The number of nitrogens with zero attached hydrogens (tertiary/aromatic N) is 2. The standard InChI is InChI=1S/C13H16N3/c1-10(2)7-16-8-13(15-9-16)11-3-5-12(14)6-4-11/h3-6,8-9H,7,14H2,1-2H3. The fourth-order valence-corrected chi connectivity index (χ4v) is 1.61. The zero-order valence-corrected chi connectivity index (χ0v) is 9.64. The molecule has 1 heterocycles. The summed E-state index contributed by atoms with van der Waals surface area (Å²) in [5.74, 6) is 1.36. The average Bonchev–Trinajstić information content (AvgIpc) is 2.66. The van der Waals surface area contributed by atoms with Crippen molar-refractivity contribution < 1.29 is 0 Å². The number of anilines is 1. The van der Waals surface area contributed by atoms with Gasteiger partial charge in [-0.05, 0) is 18.1 Å². The van der Waals surface area contributed by atoms with Crippen molar-refractivity contribution in [2.24, 2.45) is 0 Å². The molecule has 0 aliphatic heterocycles. The maximum absolute atomic E-state index is 5.65. The number of nitrogens with two attached hydrogens (primary N) is 1. The number of hydrogen-bond donors (Lipinski definition) is 1. The molecule has 2 N–H and O–H groups in total. The lowest BCUT2D eigenvalue weighted by Gasteiger charge is -2.03. The Hall–Kier alpha value is -1.77. The third kappa shape index (κ3) is 2.42. The van der Waals surface area contributed by atoms with E-state index in [1.165, 1.54) is 5.92 Å². The molecule has 0 aliphatic carbocycles. The van der Waals surface area contributed by atoms with Gasteiger partial charge in [0.25, 0.3) is 0 Å². The molecule has 1 aromatic heterocycles. The van der Waals surface area contributed by atoms with Gasteiger partial charge in [-0.25, -0.2) is 4.98 Å². The van der Waals surface area contributed by atoms with Crippen LogP contribution in [0.25, 0.3) is 11.3 Å². The summed E-state index contributed by atoms with van der Waals surface area (Å²) in [6.45, 7) is 5.15. The van der Waals surface area contributed by atoms with Gasteiger partial charge in [-0.1, -0.05) is 26.0 Å². The highest BCUT2D eigenvalue weighted by Crippen LogP contribution is 2.18. The summed E-state index contributed by atoms with van der Waals surface area (Å²) in [5, 5.41) is 0. The Bertz CT molecular complexity index is 454. The molecule has 0 fully saturated rings. The summed E-state index contributed by atoms with van der Waals surface area (Å²) in [4.78, 5) is 4.38. The monoisotopic (exact) mass is 214 g/mol. The van der Waals surface area contributed by atoms with E-state index in [0.29, 0.717) is 0 Å². The maximum Gasteiger partial charge on any atom is 0.0953 e. The van der Waals surface area contributed by atoms with Crippen molar-refractivity contribution in [1.29, 1.82) is 0 Å². The third-order valence-electron chi connectivity index (χ3n) is 2.34. The van der Waals surface area contributed by atoms with Crippen molar-refractivity contribution in [3.63, 3.8) is 0 Å². The number of rotatable bonds is 3. The Balaban J connectivity index is 2.21. The van der Waals surface area contributed by atoms with Gasteiger partial charge in [0.05, 0.1) is 12.0 Å². The van der Waals surface area contributed by atoms with Crippen LogP contribution in [0.15, 0.2) is 36.8 Å². The summed E-state index contributed by atoms with van der Waals surface area (Å²) in [6, 6.07) is 7.77. The van der Waals surface area contributed by atoms with Gasteiger partial charge in [0.15, 0.2) is 0 Å². The van der Waals surface area contributed by atoms with Gasteiger partial charge in [0, 0.05) is 24.0 Å². The second kappa shape index (κ2) is 4.39. The smallest absolute Gasteiger partial charge is 0.0953 e. The van der Waals surface area contributed by atoms with Crippen LogP contribution in [0, 0.1) is 5.92 Å². The van der Waals surface area contributed by atoms with Crippen LogP contribution in [0.4, 0.5) is 5.69 Å². The first-order valence-electron chi connectivity index (χ1n) is 5.32. The van der Waals surface area contributed by atoms with Crippen molar-refractivity contribution in [3.05, 3.63) is 42.7 Å².